The average Bonchev–Trinajstić information content (AvgIpc) is 3.13. The van der Waals surface area contributed by atoms with Crippen LogP contribution < -0.4 is 19.1 Å². The SMILES string of the molecule is CCC(C)C(=O)OCCCCOc1ccc(C(=O)Oc2ccc(C(=O)Oc3ccc(N=Nc4ccc(N(CC)CC)cc4)cc3)cc2)cc1. The van der Waals surface area contributed by atoms with Gasteiger partial charge < -0.3 is 23.8 Å². The normalized spacial score (nSPS) is 11.5. The van der Waals surface area contributed by atoms with E-state index in [1.807, 2.05) is 38.1 Å². The first kappa shape index (κ1) is 36.3. The molecule has 4 aromatic carbocycles. The zero-order valence-electron chi connectivity index (χ0n) is 28.5. The summed E-state index contributed by atoms with van der Waals surface area (Å²) in [6, 6.07) is 27.4. The minimum Gasteiger partial charge on any atom is -0.494 e. The summed E-state index contributed by atoms with van der Waals surface area (Å²) in [5, 5.41) is 8.56. The van der Waals surface area contributed by atoms with Crippen molar-refractivity contribution in [1.29, 1.82) is 0 Å². The van der Waals surface area contributed by atoms with Gasteiger partial charge in [0.15, 0.2) is 0 Å². The summed E-state index contributed by atoms with van der Waals surface area (Å²) in [6.07, 6.45) is 2.20. The lowest BCUT2D eigenvalue weighted by Gasteiger charge is -2.20. The van der Waals surface area contributed by atoms with Crippen LogP contribution in [0, 0.1) is 5.92 Å². The molecule has 256 valence electrons. The van der Waals surface area contributed by atoms with Gasteiger partial charge in [-0.05, 0) is 130 Å². The number of nitrogens with zero attached hydrogens (tertiary/aromatic N) is 3. The second kappa shape index (κ2) is 18.7. The van der Waals surface area contributed by atoms with Crippen LogP contribution >= 0.6 is 0 Å². The van der Waals surface area contributed by atoms with E-state index in [4.69, 9.17) is 18.9 Å². The molecule has 1 atom stereocenters. The second-order valence-corrected chi connectivity index (χ2v) is 11.2. The Morgan fingerprint density at radius 2 is 1.06 bits per heavy atom. The number of hydrogen-bond acceptors (Lipinski definition) is 10. The zero-order chi connectivity index (χ0) is 35.0. The molecular formula is C39H43N3O7. The van der Waals surface area contributed by atoms with Crippen molar-refractivity contribution < 1.29 is 33.3 Å². The van der Waals surface area contributed by atoms with Gasteiger partial charge in [0.1, 0.15) is 17.2 Å². The van der Waals surface area contributed by atoms with Crippen LogP contribution in [0.15, 0.2) is 107 Å². The molecule has 4 aromatic rings. The van der Waals surface area contributed by atoms with E-state index in [1.165, 1.54) is 24.3 Å². The number of unbranched alkanes of at least 4 members (excludes halogenated alkanes) is 1. The maximum Gasteiger partial charge on any atom is 0.343 e. The first-order valence-electron chi connectivity index (χ1n) is 16.6. The van der Waals surface area contributed by atoms with Crippen molar-refractivity contribution in [2.24, 2.45) is 16.1 Å². The van der Waals surface area contributed by atoms with Crippen molar-refractivity contribution in [3.05, 3.63) is 108 Å². The average molecular weight is 666 g/mol. The van der Waals surface area contributed by atoms with Gasteiger partial charge in [0.05, 0.1) is 41.6 Å². The molecule has 0 aromatic heterocycles. The maximum absolute atomic E-state index is 12.7. The number of hydrogen-bond donors (Lipinski definition) is 0. The molecule has 49 heavy (non-hydrogen) atoms. The van der Waals surface area contributed by atoms with Gasteiger partial charge in [0, 0.05) is 18.8 Å². The van der Waals surface area contributed by atoms with Crippen LogP contribution in [-0.2, 0) is 9.53 Å². The summed E-state index contributed by atoms with van der Waals surface area (Å²) in [5.41, 5.74) is 3.15. The molecule has 0 spiro atoms. The first-order chi connectivity index (χ1) is 23.8. The lowest BCUT2D eigenvalue weighted by atomic mass is 10.1. The van der Waals surface area contributed by atoms with Gasteiger partial charge >= 0.3 is 17.9 Å². The Kier molecular flexibility index (Phi) is 13.9. The van der Waals surface area contributed by atoms with Crippen molar-refractivity contribution in [1.82, 2.24) is 0 Å². The predicted molar refractivity (Wildman–Crippen MR) is 189 cm³/mol. The Morgan fingerprint density at radius 3 is 1.55 bits per heavy atom. The number of benzene rings is 4. The number of esters is 3. The highest BCUT2D eigenvalue weighted by molar-refractivity contribution is 5.92. The van der Waals surface area contributed by atoms with Gasteiger partial charge in [-0.15, -0.1) is 0 Å². The third-order valence-corrected chi connectivity index (χ3v) is 7.76. The molecule has 0 aliphatic heterocycles. The molecule has 10 heteroatoms. The number of carbonyl (C=O) groups excluding carboxylic acids is 3. The fourth-order valence-corrected chi connectivity index (χ4v) is 4.57. The van der Waals surface area contributed by atoms with E-state index in [1.54, 1.807) is 48.5 Å². The summed E-state index contributed by atoms with van der Waals surface area (Å²) in [5.74, 6) is -0.0892. The van der Waals surface area contributed by atoms with Gasteiger partial charge in [0.2, 0.25) is 0 Å². The van der Waals surface area contributed by atoms with E-state index in [-0.39, 0.29) is 17.6 Å². The highest BCUT2D eigenvalue weighted by Crippen LogP contribution is 2.25. The number of azo groups is 1. The third kappa shape index (κ3) is 11.3. The standard InChI is InChI=1S/C39H43N3O7/c1-5-28(4)37(43)47-27-9-8-26-46-34-20-10-29(11-21-34)38(44)48-35-22-12-30(13-23-35)39(45)49-36-24-16-32(17-25-36)41-40-31-14-18-33(19-15-31)42(6-2)7-3/h10-25,28H,5-9,26-27H2,1-4H3. The van der Waals surface area contributed by atoms with E-state index in [0.29, 0.717) is 47.9 Å². The molecule has 0 heterocycles. The van der Waals surface area contributed by atoms with Crippen LogP contribution in [-0.4, -0.2) is 44.2 Å². The lowest BCUT2D eigenvalue weighted by Crippen LogP contribution is -2.21. The molecular weight excluding hydrogens is 622 g/mol. The molecule has 0 radical (unpaired) electrons. The van der Waals surface area contributed by atoms with Gasteiger partial charge in [-0.25, -0.2) is 9.59 Å². The predicted octanol–water partition coefficient (Wildman–Crippen LogP) is 9.13. The first-order valence-corrected chi connectivity index (χ1v) is 16.6. The Morgan fingerprint density at radius 1 is 0.612 bits per heavy atom. The number of anilines is 1. The molecule has 0 aliphatic rings. The molecule has 0 amide bonds. The number of carbonyl (C=O) groups is 3. The van der Waals surface area contributed by atoms with Crippen molar-refractivity contribution in [3.63, 3.8) is 0 Å². The van der Waals surface area contributed by atoms with Gasteiger partial charge in [-0.2, -0.15) is 10.2 Å². The van der Waals surface area contributed by atoms with E-state index in [2.05, 4.69) is 29.0 Å². The summed E-state index contributed by atoms with van der Waals surface area (Å²) < 4.78 is 21.9. The van der Waals surface area contributed by atoms with E-state index in [0.717, 1.165) is 37.3 Å². The maximum atomic E-state index is 12.7. The largest absolute Gasteiger partial charge is 0.494 e. The fraction of sp³-hybridized carbons (Fsp3) is 0.308. The van der Waals surface area contributed by atoms with Crippen LogP contribution in [0.3, 0.4) is 0 Å². The van der Waals surface area contributed by atoms with Crippen molar-refractivity contribution in [2.75, 3.05) is 31.2 Å². The monoisotopic (exact) mass is 665 g/mol. The minimum atomic E-state index is -0.553. The molecule has 0 N–H and O–H groups in total. The number of rotatable bonds is 17. The molecule has 4 rings (SSSR count). The summed E-state index contributed by atoms with van der Waals surface area (Å²) in [7, 11) is 0. The van der Waals surface area contributed by atoms with Crippen LogP contribution in [0.5, 0.6) is 17.2 Å². The summed E-state index contributed by atoms with van der Waals surface area (Å²) in [6.45, 7) is 10.8. The fourth-order valence-electron chi connectivity index (χ4n) is 4.57. The Labute approximate surface area is 287 Å². The van der Waals surface area contributed by atoms with Crippen LogP contribution in [0.4, 0.5) is 17.1 Å². The Bertz CT molecular complexity index is 1670. The van der Waals surface area contributed by atoms with E-state index in [9.17, 15) is 14.4 Å². The molecule has 1 unspecified atom stereocenters. The van der Waals surface area contributed by atoms with Crippen LogP contribution in [0.25, 0.3) is 0 Å². The van der Waals surface area contributed by atoms with Crippen molar-refractivity contribution >= 4 is 35.0 Å². The quantitative estimate of drug-likeness (QED) is 0.0475. The molecule has 0 fully saturated rings. The lowest BCUT2D eigenvalue weighted by molar-refractivity contribution is -0.148. The molecule has 0 saturated heterocycles. The minimum absolute atomic E-state index is 0.0854. The summed E-state index contributed by atoms with van der Waals surface area (Å²) in [4.78, 5) is 39.3. The van der Waals surface area contributed by atoms with Gasteiger partial charge in [-0.3, -0.25) is 4.79 Å². The smallest absolute Gasteiger partial charge is 0.343 e. The number of ether oxygens (including phenoxy) is 4. The topological polar surface area (TPSA) is 116 Å². The van der Waals surface area contributed by atoms with Crippen molar-refractivity contribution in [2.45, 2.75) is 47.0 Å². The van der Waals surface area contributed by atoms with E-state index < -0.39 is 11.9 Å². The van der Waals surface area contributed by atoms with Gasteiger partial charge in [-0.1, -0.05) is 13.8 Å². The highest BCUT2D eigenvalue weighted by atomic mass is 16.5. The molecule has 0 aliphatic carbocycles. The highest BCUT2D eigenvalue weighted by Gasteiger charge is 2.13. The van der Waals surface area contributed by atoms with Crippen molar-refractivity contribution in [3.8, 4) is 17.2 Å². The zero-order valence-corrected chi connectivity index (χ0v) is 28.5. The molecule has 0 bridgehead atoms. The third-order valence-electron chi connectivity index (χ3n) is 7.76. The molecule has 10 nitrogen and oxygen atoms in total. The second-order valence-electron chi connectivity index (χ2n) is 11.2. The van der Waals surface area contributed by atoms with Crippen LogP contribution in [0.1, 0.15) is 67.7 Å². The Hall–Kier alpha value is -5.51. The van der Waals surface area contributed by atoms with Gasteiger partial charge in [0.25, 0.3) is 0 Å². The summed E-state index contributed by atoms with van der Waals surface area (Å²) >= 11 is 0. The van der Waals surface area contributed by atoms with Crippen LogP contribution in [0.2, 0.25) is 0 Å². The van der Waals surface area contributed by atoms with E-state index >= 15 is 0 Å². The Balaban J connectivity index is 1.19. The molecule has 0 saturated carbocycles.